The number of aromatic nitrogens is 2. The van der Waals surface area contributed by atoms with Crippen molar-refractivity contribution in [3.05, 3.63) is 70.2 Å². The highest BCUT2D eigenvalue weighted by Gasteiger charge is 2.48. The van der Waals surface area contributed by atoms with E-state index < -0.39 is 17.7 Å². The van der Waals surface area contributed by atoms with E-state index >= 15 is 0 Å². The van der Waals surface area contributed by atoms with Crippen molar-refractivity contribution < 1.29 is 24.2 Å². The van der Waals surface area contributed by atoms with Crippen LogP contribution in [0.4, 0.5) is 5.13 Å². The second kappa shape index (κ2) is 10.7. The molecule has 8 nitrogen and oxygen atoms in total. The van der Waals surface area contributed by atoms with Crippen LogP contribution in [0.25, 0.3) is 5.76 Å². The van der Waals surface area contributed by atoms with Gasteiger partial charge < -0.3 is 14.6 Å². The molecule has 0 aliphatic carbocycles. The van der Waals surface area contributed by atoms with Crippen LogP contribution in [0.2, 0.25) is 0 Å². The van der Waals surface area contributed by atoms with Crippen molar-refractivity contribution >= 4 is 33.9 Å². The van der Waals surface area contributed by atoms with Gasteiger partial charge in [-0.3, -0.25) is 14.5 Å². The zero-order valence-electron chi connectivity index (χ0n) is 19.9. The number of hydrogen-bond acceptors (Lipinski definition) is 8. The lowest BCUT2D eigenvalue weighted by Gasteiger charge is -2.23. The predicted molar refractivity (Wildman–Crippen MR) is 134 cm³/mol. The van der Waals surface area contributed by atoms with Crippen LogP contribution >= 0.6 is 11.3 Å². The number of Topliss-reactive ketones (excluding diaryl/α,β-unsaturated/α-hetero) is 1. The van der Waals surface area contributed by atoms with Crippen LogP contribution < -0.4 is 14.4 Å². The summed E-state index contributed by atoms with van der Waals surface area (Å²) in [6.07, 6.45) is 1.71. The Morgan fingerprint density at radius 2 is 1.69 bits per heavy atom. The van der Waals surface area contributed by atoms with E-state index in [4.69, 9.17) is 9.47 Å². The molecule has 9 heteroatoms. The molecule has 3 aromatic rings. The molecule has 2 heterocycles. The molecule has 182 valence electrons. The fourth-order valence-corrected chi connectivity index (χ4v) is 4.52. The van der Waals surface area contributed by atoms with Crippen molar-refractivity contribution in [3.8, 4) is 11.5 Å². The third-order valence-corrected chi connectivity index (χ3v) is 6.25. The number of aliphatic hydroxyl groups is 1. The zero-order chi connectivity index (χ0) is 24.9. The molecule has 4 rings (SSSR count). The van der Waals surface area contributed by atoms with Crippen molar-refractivity contribution in [2.24, 2.45) is 0 Å². The average Bonchev–Trinajstić information content (AvgIpc) is 3.41. The summed E-state index contributed by atoms with van der Waals surface area (Å²) in [6.45, 7) is 6.91. The number of ether oxygens (including phenoxy) is 2. The molecule has 1 aliphatic heterocycles. The summed E-state index contributed by atoms with van der Waals surface area (Å²) in [5, 5.41) is 20.3. The molecule has 1 fully saturated rings. The van der Waals surface area contributed by atoms with Crippen LogP contribution in [0, 0.1) is 6.92 Å². The number of nitrogens with zero attached hydrogens (tertiary/aromatic N) is 3. The summed E-state index contributed by atoms with van der Waals surface area (Å²) in [5.74, 6) is -0.549. The number of carbonyl (C=O) groups excluding carboxylic acids is 2. The zero-order valence-corrected chi connectivity index (χ0v) is 20.7. The summed E-state index contributed by atoms with van der Waals surface area (Å²) >= 11 is 1.21. The van der Waals surface area contributed by atoms with Gasteiger partial charge in [0.05, 0.1) is 24.8 Å². The van der Waals surface area contributed by atoms with Gasteiger partial charge in [-0.05, 0) is 61.7 Å². The number of rotatable bonds is 9. The van der Waals surface area contributed by atoms with E-state index in [1.54, 1.807) is 49.4 Å². The largest absolute Gasteiger partial charge is 0.507 e. The lowest BCUT2D eigenvalue weighted by molar-refractivity contribution is -0.132. The topological polar surface area (TPSA) is 102 Å². The molecule has 35 heavy (non-hydrogen) atoms. The number of aliphatic hydroxyl groups excluding tert-OH is 1. The number of hydrogen-bond donors (Lipinski definition) is 1. The molecule has 1 saturated heterocycles. The van der Waals surface area contributed by atoms with Crippen molar-refractivity contribution in [2.45, 2.75) is 39.7 Å². The maximum absolute atomic E-state index is 13.3. The number of ketones is 1. The number of benzene rings is 2. The van der Waals surface area contributed by atoms with Crippen LogP contribution in [-0.2, 0) is 9.59 Å². The quantitative estimate of drug-likeness (QED) is 0.253. The normalized spacial score (nSPS) is 17.1. The van der Waals surface area contributed by atoms with Gasteiger partial charge in [0, 0.05) is 5.56 Å². The SMILES string of the molecule is CCCOc1ccc(C(O)=C2C(=O)C(=O)N(c3nnc(C)s3)C2c2cccc(OCCC)c2)cc1. The summed E-state index contributed by atoms with van der Waals surface area (Å²) in [5.41, 5.74) is 1.01. The number of anilines is 1. The van der Waals surface area contributed by atoms with Crippen LogP contribution in [-0.4, -0.2) is 40.2 Å². The predicted octanol–water partition coefficient (Wildman–Crippen LogP) is 5.05. The van der Waals surface area contributed by atoms with Gasteiger partial charge in [0.15, 0.2) is 0 Å². The van der Waals surface area contributed by atoms with E-state index in [9.17, 15) is 14.7 Å². The second-order valence-electron chi connectivity index (χ2n) is 8.07. The standard InChI is InChI=1S/C26H27N3O5S/c1-4-13-33-19-11-9-17(10-12-19)23(30)21-22(18-7-6-8-20(15-18)34-14-5-2)29(25(32)24(21)31)26-28-27-16(3)35-26/h6-12,15,22,30H,4-5,13-14H2,1-3H3. The highest BCUT2D eigenvalue weighted by atomic mass is 32.1. The molecule has 0 spiro atoms. The first-order chi connectivity index (χ1) is 16.9. The molecule has 0 radical (unpaired) electrons. The number of carbonyl (C=O) groups is 2. The highest BCUT2D eigenvalue weighted by molar-refractivity contribution is 7.15. The molecule has 1 unspecified atom stereocenters. The van der Waals surface area contributed by atoms with Crippen LogP contribution in [0.3, 0.4) is 0 Å². The lowest BCUT2D eigenvalue weighted by atomic mass is 9.95. The van der Waals surface area contributed by atoms with E-state index in [0.717, 1.165) is 12.8 Å². The van der Waals surface area contributed by atoms with Gasteiger partial charge in [-0.15, -0.1) is 10.2 Å². The van der Waals surface area contributed by atoms with Crippen LogP contribution in [0.15, 0.2) is 54.1 Å². The summed E-state index contributed by atoms with van der Waals surface area (Å²) < 4.78 is 11.4. The number of aryl methyl sites for hydroxylation is 1. The Labute approximate surface area is 207 Å². The summed E-state index contributed by atoms with van der Waals surface area (Å²) in [7, 11) is 0. The van der Waals surface area contributed by atoms with Gasteiger partial charge >= 0.3 is 5.91 Å². The first kappa shape index (κ1) is 24.4. The minimum atomic E-state index is -0.886. The molecule has 1 aromatic heterocycles. The van der Waals surface area contributed by atoms with Crippen molar-refractivity contribution in [3.63, 3.8) is 0 Å². The first-order valence-electron chi connectivity index (χ1n) is 11.5. The Morgan fingerprint density at radius 3 is 2.31 bits per heavy atom. The maximum Gasteiger partial charge on any atom is 0.301 e. The molecule has 1 N–H and O–H groups in total. The molecule has 1 amide bonds. The molecule has 2 aromatic carbocycles. The lowest BCUT2D eigenvalue weighted by Crippen LogP contribution is -2.29. The average molecular weight is 494 g/mol. The Balaban J connectivity index is 1.82. The molecule has 1 aliphatic rings. The Bertz CT molecular complexity index is 1250. The second-order valence-corrected chi connectivity index (χ2v) is 9.23. The Kier molecular flexibility index (Phi) is 7.45. The monoisotopic (exact) mass is 493 g/mol. The van der Waals surface area contributed by atoms with Crippen molar-refractivity contribution in [1.82, 2.24) is 10.2 Å². The molecule has 1 atom stereocenters. The molecular weight excluding hydrogens is 466 g/mol. The van der Waals surface area contributed by atoms with E-state index in [2.05, 4.69) is 10.2 Å². The van der Waals surface area contributed by atoms with E-state index in [1.807, 2.05) is 19.9 Å². The third kappa shape index (κ3) is 5.05. The van der Waals surface area contributed by atoms with Gasteiger partial charge in [-0.25, -0.2) is 0 Å². The van der Waals surface area contributed by atoms with E-state index in [-0.39, 0.29) is 16.5 Å². The highest BCUT2D eigenvalue weighted by Crippen LogP contribution is 2.43. The van der Waals surface area contributed by atoms with Gasteiger partial charge in [0.2, 0.25) is 5.13 Å². The Morgan fingerprint density at radius 1 is 1.00 bits per heavy atom. The third-order valence-electron chi connectivity index (χ3n) is 5.41. The van der Waals surface area contributed by atoms with Crippen LogP contribution in [0.5, 0.6) is 11.5 Å². The molecule has 0 bridgehead atoms. The smallest absolute Gasteiger partial charge is 0.301 e. The fourth-order valence-electron chi connectivity index (χ4n) is 3.81. The maximum atomic E-state index is 13.3. The minimum absolute atomic E-state index is 0.0160. The number of amides is 1. The van der Waals surface area contributed by atoms with Gasteiger partial charge in [-0.1, -0.05) is 37.3 Å². The summed E-state index contributed by atoms with van der Waals surface area (Å²) in [6, 6.07) is 13.1. The van der Waals surface area contributed by atoms with Gasteiger partial charge in [0.25, 0.3) is 5.78 Å². The van der Waals surface area contributed by atoms with Crippen LogP contribution in [0.1, 0.15) is 48.9 Å². The van der Waals surface area contributed by atoms with E-state index in [1.165, 1.54) is 16.2 Å². The molecule has 0 saturated carbocycles. The van der Waals surface area contributed by atoms with Crippen molar-refractivity contribution in [1.29, 1.82) is 0 Å². The Hall–Kier alpha value is -3.72. The fraction of sp³-hybridized carbons (Fsp3) is 0.308. The minimum Gasteiger partial charge on any atom is -0.507 e. The van der Waals surface area contributed by atoms with Gasteiger partial charge in [0.1, 0.15) is 22.3 Å². The van der Waals surface area contributed by atoms with E-state index in [0.29, 0.717) is 40.8 Å². The summed E-state index contributed by atoms with van der Waals surface area (Å²) in [4.78, 5) is 27.7. The first-order valence-corrected chi connectivity index (χ1v) is 12.3. The van der Waals surface area contributed by atoms with Crippen molar-refractivity contribution in [2.75, 3.05) is 18.1 Å². The van der Waals surface area contributed by atoms with Gasteiger partial charge in [-0.2, -0.15) is 0 Å². The molecular formula is C26H27N3O5S.